The van der Waals surface area contributed by atoms with Crippen molar-refractivity contribution in [1.82, 2.24) is 10.2 Å². The van der Waals surface area contributed by atoms with Crippen LogP contribution in [-0.2, 0) is 14.3 Å². The van der Waals surface area contributed by atoms with Crippen molar-refractivity contribution in [2.45, 2.75) is 106 Å². The maximum atomic E-state index is 14.1. The van der Waals surface area contributed by atoms with E-state index in [-0.39, 0.29) is 18.4 Å². The van der Waals surface area contributed by atoms with Crippen LogP contribution in [0, 0.1) is 27.7 Å². The van der Waals surface area contributed by atoms with Crippen LogP contribution < -0.4 is 10.6 Å². The number of hydrogen-bond donors (Lipinski definition) is 2. The summed E-state index contributed by atoms with van der Waals surface area (Å²) in [5, 5.41) is 5.72. The minimum Gasteiger partial charge on any atom is -0.444 e. The van der Waals surface area contributed by atoms with Crippen LogP contribution >= 0.6 is 0 Å². The molecule has 2 aromatic rings. The van der Waals surface area contributed by atoms with Crippen molar-refractivity contribution in [3.8, 4) is 0 Å². The molecule has 2 aromatic carbocycles. The summed E-state index contributed by atoms with van der Waals surface area (Å²) in [4.78, 5) is 41.8. The summed E-state index contributed by atoms with van der Waals surface area (Å²) in [5.74, 6) is -0.607. The molecule has 7 nitrogen and oxygen atoms in total. The molecule has 1 atom stereocenters. The summed E-state index contributed by atoms with van der Waals surface area (Å²) >= 11 is 0. The molecule has 3 amide bonds. The van der Waals surface area contributed by atoms with Gasteiger partial charge in [-0.15, -0.1) is 0 Å². The average molecular weight is 552 g/mol. The summed E-state index contributed by atoms with van der Waals surface area (Å²) in [6.45, 7) is 15.5. The van der Waals surface area contributed by atoms with Gasteiger partial charge in [-0.05, 0) is 77.1 Å². The zero-order chi connectivity index (χ0) is 29.9. The SMILES string of the molecule is CCCCCCCCN(C(=O)CNC(=O)OC(C)(C)C)C(C(=O)Nc1c(C)cccc1C)c1cc(C)ccc1C. The van der Waals surface area contributed by atoms with Crippen LogP contribution in [0.1, 0.15) is 100 Å². The van der Waals surface area contributed by atoms with Crippen LogP contribution in [-0.4, -0.2) is 41.5 Å². The Morgan fingerprint density at radius 2 is 1.50 bits per heavy atom. The van der Waals surface area contributed by atoms with E-state index in [1.807, 2.05) is 64.1 Å². The molecule has 0 radical (unpaired) electrons. The van der Waals surface area contributed by atoms with Gasteiger partial charge in [-0.1, -0.05) is 81.0 Å². The third-order valence-corrected chi connectivity index (χ3v) is 6.87. The molecule has 0 aliphatic rings. The smallest absolute Gasteiger partial charge is 0.408 e. The Labute approximate surface area is 241 Å². The zero-order valence-corrected chi connectivity index (χ0v) is 25.8. The summed E-state index contributed by atoms with van der Waals surface area (Å²) in [6, 6.07) is 11.0. The van der Waals surface area contributed by atoms with Crippen molar-refractivity contribution in [3.05, 3.63) is 64.2 Å². The predicted molar refractivity (Wildman–Crippen MR) is 163 cm³/mol. The molecule has 0 aliphatic heterocycles. The Morgan fingerprint density at radius 3 is 2.12 bits per heavy atom. The van der Waals surface area contributed by atoms with Gasteiger partial charge in [-0.3, -0.25) is 9.59 Å². The van der Waals surface area contributed by atoms with Crippen molar-refractivity contribution >= 4 is 23.6 Å². The lowest BCUT2D eigenvalue weighted by atomic mass is 9.96. The highest BCUT2D eigenvalue weighted by molar-refractivity contribution is 5.99. The van der Waals surface area contributed by atoms with Crippen molar-refractivity contribution in [2.75, 3.05) is 18.4 Å². The first kappa shape index (κ1) is 32.9. The molecule has 220 valence electrons. The van der Waals surface area contributed by atoms with Crippen molar-refractivity contribution in [3.63, 3.8) is 0 Å². The van der Waals surface area contributed by atoms with Crippen LogP contribution in [0.4, 0.5) is 10.5 Å². The van der Waals surface area contributed by atoms with E-state index in [4.69, 9.17) is 4.74 Å². The van der Waals surface area contributed by atoms with Gasteiger partial charge in [0.15, 0.2) is 0 Å². The lowest BCUT2D eigenvalue weighted by molar-refractivity contribution is -0.138. The summed E-state index contributed by atoms with van der Waals surface area (Å²) in [6.07, 6.45) is 5.64. The number of unbranched alkanes of at least 4 members (excludes halogenated alkanes) is 5. The number of hydrogen-bond acceptors (Lipinski definition) is 4. The minimum absolute atomic E-state index is 0.261. The number of carbonyl (C=O) groups excluding carboxylic acids is 3. The first-order chi connectivity index (χ1) is 18.8. The van der Waals surface area contributed by atoms with Crippen molar-refractivity contribution < 1.29 is 19.1 Å². The van der Waals surface area contributed by atoms with Gasteiger partial charge in [-0.25, -0.2) is 4.79 Å². The number of nitrogens with one attached hydrogen (secondary N) is 2. The number of ether oxygens (including phenoxy) is 1. The number of nitrogens with zero attached hydrogens (tertiary/aromatic N) is 1. The lowest BCUT2D eigenvalue weighted by Gasteiger charge is -2.33. The fourth-order valence-corrected chi connectivity index (χ4v) is 4.73. The van der Waals surface area contributed by atoms with Crippen LogP contribution in [0.3, 0.4) is 0 Å². The maximum Gasteiger partial charge on any atom is 0.408 e. The van der Waals surface area contributed by atoms with E-state index >= 15 is 0 Å². The van der Waals surface area contributed by atoms with E-state index in [0.717, 1.165) is 65.6 Å². The minimum atomic E-state index is -0.859. The van der Waals surface area contributed by atoms with Crippen LogP contribution in [0.15, 0.2) is 36.4 Å². The molecule has 0 fully saturated rings. The van der Waals surface area contributed by atoms with Gasteiger partial charge in [0.1, 0.15) is 18.2 Å². The molecular weight excluding hydrogens is 502 g/mol. The molecule has 1 unspecified atom stereocenters. The van der Waals surface area contributed by atoms with Gasteiger partial charge in [0, 0.05) is 12.2 Å². The normalized spacial score (nSPS) is 12.0. The Morgan fingerprint density at radius 1 is 0.875 bits per heavy atom. The number of rotatable bonds is 13. The number of aryl methyl sites for hydroxylation is 4. The van der Waals surface area contributed by atoms with Gasteiger partial charge < -0.3 is 20.3 Å². The monoisotopic (exact) mass is 551 g/mol. The summed E-state index contributed by atoms with van der Waals surface area (Å²) in [7, 11) is 0. The Kier molecular flexibility index (Phi) is 12.7. The molecule has 0 aliphatic carbocycles. The first-order valence-corrected chi connectivity index (χ1v) is 14.5. The fourth-order valence-electron chi connectivity index (χ4n) is 4.73. The van der Waals surface area contributed by atoms with Crippen LogP contribution in [0.5, 0.6) is 0 Å². The number of carbonyl (C=O) groups is 3. The van der Waals surface area contributed by atoms with E-state index in [1.54, 1.807) is 25.7 Å². The first-order valence-electron chi connectivity index (χ1n) is 14.5. The standard InChI is InChI=1S/C33H49N3O4/c1-9-10-11-12-13-14-20-36(28(37)22-34-32(39)40-33(6,7)8)30(27-21-23(2)18-19-24(27)3)31(38)35-29-25(4)16-15-17-26(29)5/h15-19,21,30H,9-14,20,22H2,1-8H3,(H,34,39)(H,35,38). The van der Waals surface area contributed by atoms with E-state index < -0.39 is 17.7 Å². The highest BCUT2D eigenvalue weighted by Gasteiger charge is 2.33. The second-order valence-electron chi connectivity index (χ2n) is 11.7. The highest BCUT2D eigenvalue weighted by atomic mass is 16.6. The zero-order valence-electron chi connectivity index (χ0n) is 25.8. The Hall–Kier alpha value is -3.35. The Bertz CT molecular complexity index is 1130. The van der Waals surface area contributed by atoms with Gasteiger partial charge in [0.25, 0.3) is 5.91 Å². The molecule has 0 saturated carbocycles. The molecule has 40 heavy (non-hydrogen) atoms. The second-order valence-corrected chi connectivity index (χ2v) is 11.7. The van der Waals surface area contributed by atoms with Crippen LogP contribution in [0.2, 0.25) is 0 Å². The summed E-state index contributed by atoms with van der Waals surface area (Å²) in [5.41, 5.74) is 4.68. The molecule has 0 saturated heterocycles. The van der Waals surface area contributed by atoms with Gasteiger partial charge in [0.05, 0.1) is 0 Å². The molecule has 0 spiro atoms. The third-order valence-electron chi connectivity index (χ3n) is 6.87. The number of para-hydroxylation sites is 1. The van der Waals surface area contributed by atoms with Crippen molar-refractivity contribution in [1.29, 1.82) is 0 Å². The van der Waals surface area contributed by atoms with E-state index in [2.05, 4.69) is 17.6 Å². The van der Waals surface area contributed by atoms with Crippen LogP contribution in [0.25, 0.3) is 0 Å². The Balaban J connectivity index is 2.44. The van der Waals surface area contributed by atoms with Gasteiger partial charge in [0.2, 0.25) is 5.91 Å². The largest absolute Gasteiger partial charge is 0.444 e. The predicted octanol–water partition coefficient (Wildman–Crippen LogP) is 7.31. The van der Waals surface area contributed by atoms with E-state index in [1.165, 1.54) is 6.42 Å². The molecule has 7 heteroatoms. The molecule has 2 N–H and O–H groups in total. The highest BCUT2D eigenvalue weighted by Crippen LogP contribution is 2.29. The molecule has 0 aromatic heterocycles. The number of benzene rings is 2. The molecule has 0 heterocycles. The molecule has 0 bridgehead atoms. The lowest BCUT2D eigenvalue weighted by Crippen LogP contribution is -2.47. The van der Waals surface area contributed by atoms with E-state index in [0.29, 0.717) is 6.54 Å². The topological polar surface area (TPSA) is 87.7 Å². The number of amides is 3. The maximum absolute atomic E-state index is 14.1. The van der Waals surface area contributed by atoms with Crippen molar-refractivity contribution in [2.24, 2.45) is 0 Å². The summed E-state index contributed by atoms with van der Waals surface area (Å²) < 4.78 is 5.34. The third kappa shape index (κ3) is 10.3. The van der Waals surface area contributed by atoms with E-state index in [9.17, 15) is 14.4 Å². The average Bonchev–Trinajstić information content (AvgIpc) is 2.87. The molecular formula is C33H49N3O4. The molecule has 2 rings (SSSR count). The fraction of sp³-hybridized carbons (Fsp3) is 0.545. The number of alkyl carbamates (subject to hydrolysis) is 1. The van der Waals surface area contributed by atoms with Gasteiger partial charge >= 0.3 is 6.09 Å². The quantitative estimate of drug-likeness (QED) is 0.255. The van der Waals surface area contributed by atoms with Gasteiger partial charge in [-0.2, -0.15) is 0 Å². The number of anilines is 1. The second kappa shape index (κ2) is 15.4.